The third-order valence-electron chi connectivity index (χ3n) is 2.38. The van der Waals surface area contributed by atoms with Gasteiger partial charge in [0.15, 0.2) is 5.96 Å². The van der Waals surface area contributed by atoms with Crippen molar-refractivity contribution in [3.05, 3.63) is 33.8 Å². The lowest BCUT2D eigenvalue weighted by Gasteiger charge is -2.22. The predicted molar refractivity (Wildman–Crippen MR) is 95.3 cm³/mol. The molecule has 0 N–H and O–H groups in total. The van der Waals surface area contributed by atoms with E-state index in [4.69, 9.17) is 23.2 Å². The van der Waals surface area contributed by atoms with E-state index in [2.05, 4.69) is 4.99 Å². The van der Waals surface area contributed by atoms with Crippen molar-refractivity contribution in [1.29, 1.82) is 0 Å². The van der Waals surface area contributed by atoms with Crippen LogP contribution in [-0.4, -0.2) is 50.5 Å². The highest BCUT2D eigenvalue weighted by atomic mass is 127. The Morgan fingerprint density at radius 1 is 1.00 bits per heavy atom. The Balaban J connectivity index is 0.00000324. The fraction of sp³-hybridized carbons (Fsp3) is 0.462. The van der Waals surface area contributed by atoms with Crippen LogP contribution in [-0.2, 0) is 6.42 Å². The van der Waals surface area contributed by atoms with E-state index in [-0.39, 0.29) is 24.0 Å². The van der Waals surface area contributed by atoms with Gasteiger partial charge in [-0.1, -0.05) is 23.2 Å². The normalized spacial score (nSPS) is 9.58. The van der Waals surface area contributed by atoms with Crippen LogP contribution >= 0.6 is 47.2 Å². The standard InChI is InChI=1S/C13H19Cl2N3.HI/c1-17(2)13(18(3)4)16-6-5-10-7-11(14)9-12(15)8-10;/h7-9H,5-6H2,1-4H3;1H. The molecule has 0 spiro atoms. The zero-order valence-corrected chi connectivity index (χ0v) is 15.5. The molecule has 0 unspecified atom stereocenters. The number of nitrogens with zero attached hydrogens (tertiary/aromatic N) is 3. The van der Waals surface area contributed by atoms with Crippen molar-refractivity contribution in [1.82, 2.24) is 9.80 Å². The molecule has 0 atom stereocenters. The van der Waals surface area contributed by atoms with Crippen molar-refractivity contribution in [2.24, 2.45) is 4.99 Å². The largest absolute Gasteiger partial charge is 0.349 e. The maximum Gasteiger partial charge on any atom is 0.195 e. The molecule has 0 aliphatic rings. The minimum absolute atomic E-state index is 0. The molecule has 3 nitrogen and oxygen atoms in total. The van der Waals surface area contributed by atoms with E-state index in [0.717, 1.165) is 17.9 Å². The zero-order chi connectivity index (χ0) is 13.7. The first-order valence-electron chi connectivity index (χ1n) is 5.74. The van der Waals surface area contributed by atoms with Crippen LogP contribution in [0.3, 0.4) is 0 Å². The Morgan fingerprint density at radius 2 is 1.47 bits per heavy atom. The van der Waals surface area contributed by atoms with Crippen molar-refractivity contribution >= 4 is 53.1 Å². The van der Waals surface area contributed by atoms with Gasteiger partial charge in [-0.05, 0) is 30.2 Å². The van der Waals surface area contributed by atoms with Gasteiger partial charge in [-0.25, -0.2) is 0 Å². The molecule has 0 aromatic heterocycles. The molecule has 1 rings (SSSR count). The van der Waals surface area contributed by atoms with Crippen molar-refractivity contribution in [3.8, 4) is 0 Å². The summed E-state index contributed by atoms with van der Waals surface area (Å²) >= 11 is 11.9. The van der Waals surface area contributed by atoms with Crippen LogP contribution in [0, 0.1) is 0 Å². The third-order valence-corrected chi connectivity index (χ3v) is 2.81. The summed E-state index contributed by atoms with van der Waals surface area (Å²) < 4.78 is 0. The Kier molecular flexibility index (Phi) is 8.78. The monoisotopic (exact) mass is 415 g/mol. The number of hydrogen-bond acceptors (Lipinski definition) is 1. The molecule has 6 heteroatoms. The molecular weight excluding hydrogens is 396 g/mol. The highest BCUT2D eigenvalue weighted by Crippen LogP contribution is 2.19. The summed E-state index contributed by atoms with van der Waals surface area (Å²) in [6.07, 6.45) is 0.825. The summed E-state index contributed by atoms with van der Waals surface area (Å²) in [5.41, 5.74) is 1.10. The van der Waals surface area contributed by atoms with Crippen LogP contribution in [0.5, 0.6) is 0 Å². The first kappa shape index (κ1) is 18.8. The second-order valence-corrected chi connectivity index (χ2v) is 5.37. The molecule has 0 aliphatic heterocycles. The minimum atomic E-state index is 0. The molecule has 0 fully saturated rings. The van der Waals surface area contributed by atoms with E-state index < -0.39 is 0 Å². The zero-order valence-electron chi connectivity index (χ0n) is 11.7. The quantitative estimate of drug-likeness (QED) is 0.426. The molecular formula is C13H20Cl2IN3. The summed E-state index contributed by atoms with van der Waals surface area (Å²) in [5.74, 6) is 0.947. The van der Waals surface area contributed by atoms with Gasteiger partial charge in [0.1, 0.15) is 0 Å². The Labute approximate surface area is 142 Å². The average Bonchev–Trinajstić information content (AvgIpc) is 2.21. The molecule has 0 bridgehead atoms. The van der Waals surface area contributed by atoms with E-state index in [1.807, 2.05) is 50.1 Å². The van der Waals surface area contributed by atoms with Gasteiger partial charge in [0.2, 0.25) is 0 Å². The molecule has 19 heavy (non-hydrogen) atoms. The van der Waals surface area contributed by atoms with Gasteiger partial charge in [-0.3, -0.25) is 4.99 Å². The molecule has 0 heterocycles. The average molecular weight is 416 g/mol. The van der Waals surface area contributed by atoms with Gasteiger partial charge >= 0.3 is 0 Å². The lowest BCUT2D eigenvalue weighted by Crippen LogP contribution is -2.35. The smallest absolute Gasteiger partial charge is 0.195 e. The van der Waals surface area contributed by atoms with E-state index in [1.165, 1.54) is 0 Å². The first-order valence-corrected chi connectivity index (χ1v) is 6.50. The molecule has 0 radical (unpaired) electrons. The van der Waals surface area contributed by atoms with Crippen LogP contribution in [0.15, 0.2) is 23.2 Å². The van der Waals surface area contributed by atoms with Crippen molar-refractivity contribution in [3.63, 3.8) is 0 Å². The minimum Gasteiger partial charge on any atom is -0.349 e. The van der Waals surface area contributed by atoms with Crippen molar-refractivity contribution in [2.75, 3.05) is 34.7 Å². The highest BCUT2D eigenvalue weighted by molar-refractivity contribution is 14.0. The SMILES string of the molecule is CN(C)C(=NCCc1cc(Cl)cc(Cl)c1)N(C)C.I. The second-order valence-electron chi connectivity index (χ2n) is 4.50. The van der Waals surface area contributed by atoms with Gasteiger partial charge in [0.25, 0.3) is 0 Å². The Morgan fingerprint density at radius 3 is 1.89 bits per heavy atom. The van der Waals surface area contributed by atoms with Crippen molar-refractivity contribution < 1.29 is 0 Å². The molecule has 108 valence electrons. The molecule has 1 aromatic carbocycles. The highest BCUT2D eigenvalue weighted by Gasteiger charge is 2.04. The van der Waals surface area contributed by atoms with E-state index >= 15 is 0 Å². The summed E-state index contributed by atoms with van der Waals surface area (Å²) in [6, 6.07) is 5.59. The van der Waals surface area contributed by atoms with Gasteiger partial charge in [-0.15, -0.1) is 24.0 Å². The Bertz CT molecular complexity index is 404. The lowest BCUT2D eigenvalue weighted by atomic mass is 10.1. The van der Waals surface area contributed by atoms with E-state index in [1.54, 1.807) is 6.07 Å². The van der Waals surface area contributed by atoms with Crippen molar-refractivity contribution in [2.45, 2.75) is 6.42 Å². The maximum absolute atomic E-state index is 5.96. The fourth-order valence-corrected chi connectivity index (χ4v) is 2.29. The summed E-state index contributed by atoms with van der Waals surface area (Å²) in [6.45, 7) is 0.711. The molecule has 0 amide bonds. The van der Waals surface area contributed by atoms with Gasteiger partial charge in [-0.2, -0.15) is 0 Å². The summed E-state index contributed by atoms with van der Waals surface area (Å²) in [5, 5.41) is 1.34. The molecule has 1 aromatic rings. The lowest BCUT2D eigenvalue weighted by molar-refractivity contribution is 0.479. The maximum atomic E-state index is 5.96. The summed E-state index contributed by atoms with van der Waals surface area (Å²) in [7, 11) is 7.92. The summed E-state index contributed by atoms with van der Waals surface area (Å²) in [4.78, 5) is 8.54. The molecule has 0 saturated heterocycles. The van der Waals surface area contributed by atoms with Crippen LogP contribution in [0.1, 0.15) is 5.56 Å². The molecule has 0 saturated carbocycles. The third kappa shape index (κ3) is 6.68. The van der Waals surface area contributed by atoms with Crippen LogP contribution in [0.2, 0.25) is 10.0 Å². The van der Waals surface area contributed by atoms with Gasteiger partial charge in [0.05, 0.1) is 0 Å². The fourth-order valence-electron chi connectivity index (χ4n) is 1.72. The van der Waals surface area contributed by atoms with Crippen LogP contribution < -0.4 is 0 Å². The van der Waals surface area contributed by atoms with Crippen LogP contribution in [0.25, 0.3) is 0 Å². The number of halogens is 3. The topological polar surface area (TPSA) is 18.8 Å². The number of benzene rings is 1. The molecule has 0 aliphatic carbocycles. The van der Waals surface area contributed by atoms with Gasteiger partial charge in [0, 0.05) is 44.8 Å². The Hall–Kier alpha value is -0.200. The second kappa shape index (κ2) is 8.87. The predicted octanol–water partition coefficient (Wildman–Crippen LogP) is 3.63. The number of guanidine groups is 1. The van der Waals surface area contributed by atoms with Gasteiger partial charge < -0.3 is 9.80 Å². The number of aliphatic imine (C=N–C) groups is 1. The van der Waals surface area contributed by atoms with Crippen LogP contribution in [0.4, 0.5) is 0 Å². The first-order chi connectivity index (χ1) is 8.40. The number of rotatable bonds is 3. The number of hydrogen-bond donors (Lipinski definition) is 0. The van der Waals surface area contributed by atoms with E-state index in [0.29, 0.717) is 16.6 Å². The van der Waals surface area contributed by atoms with E-state index in [9.17, 15) is 0 Å².